The van der Waals surface area contributed by atoms with Crippen molar-refractivity contribution >= 4 is 27.5 Å². The van der Waals surface area contributed by atoms with Crippen molar-refractivity contribution in [3.05, 3.63) is 22.8 Å². The van der Waals surface area contributed by atoms with E-state index >= 15 is 0 Å². The molecule has 6 heteroatoms. The van der Waals surface area contributed by atoms with Crippen LogP contribution in [0.4, 0.5) is 5.95 Å². The zero-order chi connectivity index (χ0) is 13.3. The Morgan fingerprint density at radius 2 is 2.32 bits per heavy atom. The maximum Gasteiger partial charge on any atom is 0.243 e. The lowest BCUT2D eigenvalue weighted by Gasteiger charge is -2.14. The zero-order valence-corrected chi connectivity index (χ0v) is 12.5. The molecule has 1 fully saturated rings. The van der Waals surface area contributed by atoms with Crippen molar-refractivity contribution in [3.8, 4) is 0 Å². The standard InChI is InChI=1S/C13H17BrN4O/c1-19-7-6-13(4-5-13)9-15-12-16-11-3-2-10(14)8-18(11)17-12/h2-3,8H,4-7,9H2,1H3,(H,15,17). The minimum absolute atomic E-state index is 0.397. The predicted molar refractivity (Wildman–Crippen MR) is 77.3 cm³/mol. The molecule has 2 aromatic rings. The smallest absolute Gasteiger partial charge is 0.243 e. The van der Waals surface area contributed by atoms with Gasteiger partial charge in [-0.1, -0.05) is 0 Å². The van der Waals surface area contributed by atoms with E-state index in [-0.39, 0.29) is 0 Å². The highest BCUT2D eigenvalue weighted by atomic mass is 79.9. The van der Waals surface area contributed by atoms with Gasteiger partial charge in [0.15, 0.2) is 5.65 Å². The van der Waals surface area contributed by atoms with E-state index in [2.05, 4.69) is 31.3 Å². The first-order chi connectivity index (χ1) is 9.21. The van der Waals surface area contributed by atoms with E-state index in [4.69, 9.17) is 4.74 Å². The largest absolute Gasteiger partial charge is 0.385 e. The van der Waals surface area contributed by atoms with Gasteiger partial charge in [-0.3, -0.25) is 0 Å². The van der Waals surface area contributed by atoms with Gasteiger partial charge in [-0.05, 0) is 52.7 Å². The van der Waals surface area contributed by atoms with E-state index < -0.39 is 0 Å². The summed E-state index contributed by atoms with van der Waals surface area (Å²) in [5.74, 6) is 0.696. The highest BCUT2D eigenvalue weighted by Crippen LogP contribution is 2.48. The minimum Gasteiger partial charge on any atom is -0.385 e. The summed E-state index contributed by atoms with van der Waals surface area (Å²) in [5, 5.41) is 7.77. The van der Waals surface area contributed by atoms with E-state index in [1.165, 1.54) is 12.8 Å². The predicted octanol–water partition coefficient (Wildman–Crippen LogP) is 2.72. The number of ether oxygens (including phenoxy) is 1. The Morgan fingerprint density at radius 1 is 1.47 bits per heavy atom. The average Bonchev–Trinajstić information content (AvgIpc) is 3.06. The number of nitrogens with one attached hydrogen (secondary N) is 1. The van der Waals surface area contributed by atoms with Gasteiger partial charge in [0.2, 0.25) is 5.95 Å². The Bertz CT molecular complexity index is 579. The third kappa shape index (κ3) is 2.90. The highest BCUT2D eigenvalue weighted by molar-refractivity contribution is 9.10. The van der Waals surface area contributed by atoms with Crippen molar-refractivity contribution in [2.45, 2.75) is 19.3 Å². The summed E-state index contributed by atoms with van der Waals surface area (Å²) >= 11 is 3.43. The second-order valence-corrected chi connectivity index (χ2v) is 6.10. The average molecular weight is 325 g/mol. The fourth-order valence-corrected chi connectivity index (χ4v) is 2.54. The Morgan fingerprint density at radius 3 is 3.05 bits per heavy atom. The molecule has 0 radical (unpaired) electrons. The number of aromatic nitrogens is 3. The monoisotopic (exact) mass is 324 g/mol. The molecule has 0 bridgehead atoms. The van der Waals surface area contributed by atoms with Crippen LogP contribution in [0.15, 0.2) is 22.8 Å². The van der Waals surface area contributed by atoms with Crippen molar-refractivity contribution in [1.82, 2.24) is 14.6 Å². The van der Waals surface area contributed by atoms with Crippen molar-refractivity contribution < 1.29 is 4.74 Å². The Kier molecular flexibility index (Phi) is 3.45. The van der Waals surface area contributed by atoms with Gasteiger partial charge in [-0.15, -0.1) is 5.10 Å². The normalized spacial score (nSPS) is 16.7. The van der Waals surface area contributed by atoms with Crippen LogP contribution in [-0.2, 0) is 4.74 Å². The molecule has 1 aliphatic carbocycles. The van der Waals surface area contributed by atoms with Gasteiger partial charge in [0, 0.05) is 30.9 Å². The summed E-state index contributed by atoms with van der Waals surface area (Å²) in [4.78, 5) is 4.45. The molecule has 3 rings (SSSR count). The molecular weight excluding hydrogens is 308 g/mol. The van der Waals surface area contributed by atoms with Gasteiger partial charge in [0.25, 0.3) is 0 Å². The van der Waals surface area contributed by atoms with Gasteiger partial charge in [-0.2, -0.15) is 4.98 Å². The molecule has 19 heavy (non-hydrogen) atoms. The van der Waals surface area contributed by atoms with Crippen LogP contribution in [0.1, 0.15) is 19.3 Å². The Balaban J connectivity index is 1.65. The number of methoxy groups -OCH3 is 1. The number of pyridine rings is 1. The van der Waals surface area contributed by atoms with Crippen LogP contribution in [-0.4, -0.2) is 34.9 Å². The van der Waals surface area contributed by atoms with Gasteiger partial charge < -0.3 is 10.1 Å². The van der Waals surface area contributed by atoms with E-state index in [0.29, 0.717) is 11.4 Å². The Hall–Kier alpha value is -1.14. The van der Waals surface area contributed by atoms with Gasteiger partial charge in [0.05, 0.1) is 0 Å². The molecule has 0 aromatic carbocycles. The lowest BCUT2D eigenvalue weighted by Crippen LogP contribution is -2.17. The maximum absolute atomic E-state index is 5.16. The second kappa shape index (κ2) is 5.09. The molecule has 0 spiro atoms. The summed E-state index contributed by atoms with van der Waals surface area (Å²) in [5.41, 5.74) is 1.25. The first-order valence-corrected chi connectivity index (χ1v) is 7.25. The molecule has 1 saturated carbocycles. The van der Waals surface area contributed by atoms with Gasteiger partial charge in [-0.25, -0.2) is 4.52 Å². The van der Waals surface area contributed by atoms with Gasteiger partial charge in [0.1, 0.15) is 0 Å². The first kappa shape index (κ1) is 12.9. The topological polar surface area (TPSA) is 51.5 Å². The van der Waals surface area contributed by atoms with Crippen LogP contribution in [0, 0.1) is 5.41 Å². The van der Waals surface area contributed by atoms with Crippen molar-refractivity contribution in [3.63, 3.8) is 0 Å². The molecule has 1 N–H and O–H groups in total. The second-order valence-electron chi connectivity index (χ2n) is 5.18. The van der Waals surface area contributed by atoms with Crippen LogP contribution >= 0.6 is 15.9 Å². The quantitative estimate of drug-likeness (QED) is 0.887. The number of halogens is 1. The number of hydrogen-bond acceptors (Lipinski definition) is 4. The minimum atomic E-state index is 0.397. The third-order valence-corrected chi connectivity index (χ3v) is 4.18. The van der Waals surface area contributed by atoms with Crippen LogP contribution in [0.25, 0.3) is 5.65 Å². The van der Waals surface area contributed by atoms with E-state index in [0.717, 1.165) is 29.7 Å². The molecular formula is C13H17BrN4O. The molecule has 5 nitrogen and oxygen atoms in total. The molecule has 1 aliphatic rings. The lowest BCUT2D eigenvalue weighted by molar-refractivity contribution is 0.175. The SMILES string of the molecule is COCCC1(CNc2nc3ccc(Br)cn3n2)CC1. The molecule has 2 aromatic heterocycles. The van der Waals surface area contributed by atoms with E-state index in [1.807, 2.05) is 18.3 Å². The summed E-state index contributed by atoms with van der Waals surface area (Å²) in [6.45, 7) is 1.75. The molecule has 0 amide bonds. The van der Waals surface area contributed by atoms with E-state index in [1.54, 1.807) is 11.6 Å². The number of nitrogens with zero attached hydrogens (tertiary/aromatic N) is 3. The summed E-state index contributed by atoms with van der Waals surface area (Å²) < 4.78 is 7.94. The lowest BCUT2D eigenvalue weighted by atomic mass is 10.0. The number of anilines is 1. The summed E-state index contributed by atoms with van der Waals surface area (Å²) in [6.07, 6.45) is 5.55. The van der Waals surface area contributed by atoms with Crippen molar-refractivity contribution in [2.75, 3.05) is 25.6 Å². The van der Waals surface area contributed by atoms with Crippen molar-refractivity contribution in [2.24, 2.45) is 5.41 Å². The maximum atomic E-state index is 5.16. The molecule has 0 saturated heterocycles. The molecule has 102 valence electrons. The molecule has 0 unspecified atom stereocenters. The summed E-state index contributed by atoms with van der Waals surface area (Å²) in [7, 11) is 1.75. The molecule has 2 heterocycles. The van der Waals surface area contributed by atoms with Crippen LogP contribution in [0.5, 0.6) is 0 Å². The van der Waals surface area contributed by atoms with Crippen LogP contribution in [0.3, 0.4) is 0 Å². The first-order valence-electron chi connectivity index (χ1n) is 6.46. The fourth-order valence-electron chi connectivity index (χ4n) is 2.21. The summed E-state index contributed by atoms with van der Waals surface area (Å²) in [6, 6.07) is 3.91. The fraction of sp³-hybridized carbons (Fsp3) is 0.538. The Labute approximate surface area is 120 Å². The van der Waals surface area contributed by atoms with Crippen LogP contribution in [0.2, 0.25) is 0 Å². The van der Waals surface area contributed by atoms with Gasteiger partial charge >= 0.3 is 0 Å². The third-order valence-electron chi connectivity index (χ3n) is 3.71. The van der Waals surface area contributed by atoms with E-state index in [9.17, 15) is 0 Å². The zero-order valence-electron chi connectivity index (χ0n) is 10.9. The number of hydrogen-bond donors (Lipinski definition) is 1. The molecule has 0 atom stereocenters. The highest BCUT2D eigenvalue weighted by Gasteiger charge is 2.41. The van der Waals surface area contributed by atoms with Crippen molar-refractivity contribution in [1.29, 1.82) is 0 Å². The van der Waals surface area contributed by atoms with Crippen LogP contribution < -0.4 is 5.32 Å². The molecule has 0 aliphatic heterocycles. The number of fused-ring (bicyclic) bond motifs is 1. The number of rotatable bonds is 6.